The highest BCUT2D eigenvalue weighted by Crippen LogP contribution is 2.25. The van der Waals surface area contributed by atoms with Crippen molar-refractivity contribution in [1.82, 2.24) is 0 Å². The molecule has 0 aliphatic rings. The fraction of sp³-hybridized carbons (Fsp3) is 0.250. The Morgan fingerprint density at radius 1 is 1.19 bits per heavy atom. The highest BCUT2D eigenvalue weighted by Gasteiger charge is 2.14. The molecule has 0 bridgehead atoms. The predicted octanol–water partition coefficient (Wildman–Crippen LogP) is 3.33. The number of hydrogen-bond acceptors (Lipinski definition) is 3. The molecule has 2 aromatic carbocycles. The maximum Gasteiger partial charge on any atom is 0.175 e. The summed E-state index contributed by atoms with van der Waals surface area (Å²) in [6.07, 6.45) is 0.689. The zero-order valence-corrected chi connectivity index (χ0v) is 13.4. The largest absolute Gasteiger partial charge is 0.388 e. The number of aliphatic hydroxyl groups excluding tert-OH is 1. The van der Waals surface area contributed by atoms with Crippen LogP contribution in [0.15, 0.2) is 47.4 Å². The van der Waals surface area contributed by atoms with Gasteiger partial charge in [-0.05, 0) is 41.8 Å². The van der Waals surface area contributed by atoms with Gasteiger partial charge in [0.1, 0.15) is 0 Å². The van der Waals surface area contributed by atoms with Crippen LogP contribution in [-0.4, -0.2) is 19.8 Å². The summed E-state index contributed by atoms with van der Waals surface area (Å²) in [4.78, 5) is 0.203. The second kappa shape index (κ2) is 6.18. The van der Waals surface area contributed by atoms with E-state index in [9.17, 15) is 13.5 Å². The van der Waals surface area contributed by atoms with Crippen molar-refractivity contribution in [3.63, 3.8) is 0 Å². The summed E-state index contributed by atoms with van der Waals surface area (Å²) < 4.78 is 23.1. The van der Waals surface area contributed by atoms with Crippen molar-refractivity contribution >= 4 is 21.4 Å². The topological polar surface area (TPSA) is 54.4 Å². The summed E-state index contributed by atoms with van der Waals surface area (Å²) >= 11 is 6.16. The molecule has 2 aromatic rings. The van der Waals surface area contributed by atoms with Crippen LogP contribution in [0.25, 0.3) is 0 Å². The van der Waals surface area contributed by atoms with Gasteiger partial charge in [0.15, 0.2) is 9.84 Å². The fourth-order valence-electron chi connectivity index (χ4n) is 2.10. The number of rotatable bonds is 4. The third kappa shape index (κ3) is 4.06. The molecule has 0 fully saturated rings. The van der Waals surface area contributed by atoms with Crippen molar-refractivity contribution in [1.29, 1.82) is 0 Å². The Balaban J connectivity index is 2.26. The van der Waals surface area contributed by atoms with E-state index < -0.39 is 15.9 Å². The second-order valence-electron chi connectivity index (χ2n) is 5.16. The van der Waals surface area contributed by atoms with E-state index in [-0.39, 0.29) is 4.90 Å². The Bertz CT molecular complexity index is 754. The van der Waals surface area contributed by atoms with Gasteiger partial charge in [0.05, 0.1) is 11.0 Å². The normalized spacial score (nSPS) is 13.1. The lowest BCUT2D eigenvalue weighted by atomic mass is 10.0. The minimum atomic E-state index is -3.28. The number of halogens is 1. The van der Waals surface area contributed by atoms with Crippen LogP contribution in [0.5, 0.6) is 0 Å². The molecule has 21 heavy (non-hydrogen) atoms. The van der Waals surface area contributed by atoms with Gasteiger partial charge in [0.2, 0.25) is 0 Å². The Labute approximate surface area is 130 Å². The molecule has 1 atom stereocenters. The van der Waals surface area contributed by atoms with E-state index in [0.717, 1.165) is 17.4 Å². The molecule has 112 valence electrons. The molecule has 0 spiro atoms. The molecule has 0 saturated carbocycles. The highest BCUT2D eigenvalue weighted by molar-refractivity contribution is 7.90. The van der Waals surface area contributed by atoms with E-state index >= 15 is 0 Å². The number of aryl methyl sites for hydroxylation is 1. The maximum absolute atomic E-state index is 11.6. The summed E-state index contributed by atoms with van der Waals surface area (Å²) in [6, 6.07) is 12.0. The van der Waals surface area contributed by atoms with E-state index in [1.54, 1.807) is 12.1 Å². The molecule has 0 radical (unpaired) electrons. The van der Waals surface area contributed by atoms with Crippen molar-refractivity contribution in [3.8, 4) is 0 Å². The van der Waals surface area contributed by atoms with Crippen LogP contribution in [0.4, 0.5) is 0 Å². The Kier molecular flexibility index (Phi) is 4.71. The van der Waals surface area contributed by atoms with Crippen LogP contribution in [0, 0.1) is 6.92 Å². The second-order valence-corrected chi connectivity index (χ2v) is 7.58. The number of sulfone groups is 1. The fourth-order valence-corrected chi connectivity index (χ4v) is 3.08. The lowest BCUT2D eigenvalue weighted by Crippen LogP contribution is -2.05. The summed E-state index contributed by atoms with van der Waals surface area (Å²) in [5.41, 5.74) is 2.45. The summed E-state index contributed by atoms with van der Waals surface area (Å²) in [5, 5.41) is 10.9. The average molecular weight is 325 g/mol. The van der Waals surface area contributed by atoms with Gasteiger partial charge in [0.25, 0.3) is 0 Å². The molecule has 0 aliphatic heterocycles. The Morgan fingerprint density at radius 3 is 2.52 bits per heavy atom. The van der Waals surface area contributed by atoms with Crippen molar-refractivity contribution in [2.45, 2.75) is 24.3 Å². The van der Waals surface area contributed by atoms with E-state index in [1.165, 1.54) is 12.1 Å². The van der Waals surface area contributed by atoms with Crippen LogP contribution >= 0.6 is 11.6 Å². The molecule has 0 amide bonds. The van der Waals surface area contributed by atoms with Crippen molar-refractivity contribution < 1.29 is 13.5 Å². The molecular weight excluding hydrogens is 308 g/mol. The first-order chi connectivity index (χ1) is 9.77. The molecular formula is C16H17ClO3S. The summed E-state index contributed by atoms with van der Waals surface area (Å²) in [6.45, 7) is 1.95. The maximum atomic E-state index is 11.6. The molecule has 0 aliphatic carbocycles. The molecule has 3 nitrogen and oxygen atoms in total. The van der Waals surface area contributed by atoms with Gasteiger partial charge in [-0.2, -0.15) is 0 Å². The zero-order chi connectivity index (χ0) is 15.6. The Hall–Kier alpha value is -1.36. The number of aliphatic hydroxyl groups is 1. The van der Waals surface area contributed by atoms with Crippen molar-refractivity contribution in [2.24, 2.45) is 0 Å². The smallest absolute Gasteiger partial charge is 0.175 e. The lowest BCUT2D eigenvalue weighted by molar-refractivity contribution is 0.178. The quantitative estimate of drug-likeness (QED) is 0.938. The molecule has 0 saturated heterocycles. The van der Waals surface area contributed by atoms with Crippen molar-refractivity contribution in [3.05, 3.63) is 64.2 Å². The first-order valence-corrected chi connectivity index (χ1v) is 8.77. The molecule has 1 unspecified atom stereocenters. The Morgan fingerprint density at radius 2 is 1.90 bits per heavy atom. The van der Waals surface area contributed by atoms with Gasteiger partial charge in [-0.3, -0.25) is 0 Å². The molecule has 0 aromatic heterocycles. The van der Waals surface area contributed by atoms with Gasteiger partial charge < -0.3 is 5.11 Å². The minimum absolute atomic E-state index is 0.203. The van der Waals surface area contributed by atoms with E-state index in [1.807, 2.05) is 25.1 Å². The van der Waals surface area contributed by atoms with Gasteiger partial charge >= 0.3 is 0 Å². The molecule has 2 rings (SSSR count). The lowest BCUT2D eigenvalue weighted by Gasteiger charge is -2.13. The SMILES string of the molecule is Cc1ccc(CC(O)c2cccc(S(C)(=O)=O)c2)c(Cl)c1. The van der Waals surface area contributed by atoms with E-state index in [4.69, 9.17) is 11.6 Å². The van der Waals surface area contributed by atoms with Crippen LogP contribution in [0.3, 0.4) is 0 Å². The summed E-state index contributed by atoms with van der Waals surface area (Å²) in [5.74, 6) is 0. The van der Waals surface area contributed by atoms with Gasteiger partial charge in [0, 0.05) is 17.7 Å². The standard InChI is InChI=1S/C16H17ClO3S/c1-11-6-7-12(15(17)8-11)10-16(18)13-4-3-5-14(9-13)21(2,19)20/h3-9,16,18H,10H2,1-2H3. The van der Waals surface area contributed by atoms with Crippen molar-refractivity contribution in [2.75, 3.05) is 6.26 Å². The van der Waals surface area contributed by atoms with Gasteiger partial charge in [-0.15, -0.1) is 0 Å². The molecule has 0 heterocycles. The first-order valence-electron chi connectivity index (χ1n) is 6.50. The third-order valence-corrected chi connectivity index (χ3v) is 4.75. The van der Waals surface area contributed by atoms with Crippen LogP contribution in [0.2, 0.25) is 5.02 Å². The summed E-state index contributed by atoms with van der Waals surface area (Å²) in [7, 11) is -3.28. The van der Waals surface area contributed by atoms with Gasteiger partial charge in [-0.25, -0.2) is 8.42 Å². The van der Waals surface area contributed by atoms with E-state index in [2.05, 4.69) is 0 Å². The predicted molar refractivity (Wildman–Crippen MR) is 84.4 cm³/mol. The molecule has 1 N–H and O–H groups in total. The average Bonchev–Trinajstić information content (AvgIpc) is 2.41. The highest BCUT2D eigenvalue weighted by atomic mass is 35.5. The minimum Gasteiger partial charge on any atom is -0.388 e. The third-order valence-electron chi connectivity index (χ3n) is 3.29. The van der Waals surface area contributed by atoms with Gasteiger partial charge in [-0.1, -0.05) is 35.9 Å². The number of hydrogen-bond donors (Lipinski definition) is 1. The van der Waals surface area contributed by atoms with E-state index in [0.29, 0.717) is 17.0 Å². The van der Waals surface area contributed by atoms with Crippen LogP contribution in [0.1, 0.15) is 22.8 Å². The van der Waals surface area contributed by atoms with Crippen LogP contribution < -0.4 is 0 Å². The number of benzene rings is 2. The molecule has 5 heteroatoms. The van der Waals surface area contributed by atoms with Crippen LogP contribution in [-0.2, 0) is 16.3 Å². The zero-order valence-electron chi connectivity index (χ0n) is 11.9. The first kappa shape index (κ1) is 16.0. The monoisotopic (exact) mass is 324 g/mol.